The molecule has 4 heteroatoms. The predicted molar refractivity (Wildman–Crippen MR) is 44.7 cm³/mol. The van der Waals surface area contributed by atoms with E-state index in [1.165, 1.54) is 6.92 Å². The lowest BCUT2D eigenvalue weighted by molar-refractivity contribution is -0.130. The number of rotatable bonds is 4. The van der Waals surface area contributed by atoms with Crippen LogP contribution in [0.2, 0.25) is 0 Å². The van der Waals surface area contributed by atoms with Crippen LogP contribution >= 0.6 is 23.2 Å². The van der Waals surface area contributed by atoms with Gasteiger partial charge in [0.25, 0.3) is 0 Å². The van der Waals surface area contributed by atoms with Crippen LogP contribution < -0.4 is 0 Å². The van der Waals surface area contributed by atoms with Crippen molar-refractivity contribution in [2.45, 2.75) is 26.7 Å². The Balaban J connectivity index is 4.52. The average molecular weight is 197 g/mol. The van der Waals surface area contributed by atoms with E-state index in [9.17, 15) is 9.59 Å². The summed E-state index contributed by atoms with van der Waals surface area (Å²) in [6.45, 7) is 3.32. The molecule has 0 atom stereocenters. The molecule has 0 aliphatic rings. The fraction of sp³-hybridized carbons (Fsp3) is 0.714. The molecule has 64 valence electrons. The van der Waals surface area contributed by atoms with Crippen LogP contribution in [0, 0.1) is 5.41 Å². The first-order chi connectivity index (χ1) is 4.95. The fourth-order valence-electron chi connectivity index (χ4n) is 0.774. The van der Waals surface area contributed by atoms with Crippen LogP contribution in [0.15, 0.2) is 0 Å². The second-order valence-corrected chi connectivity index (χ2v) is 3.32. The first-order valence-electron chi connectivity index (χ1n) is 3.35. The molecule has 0 aromatic heterocycles. The highest BCUT2D eigenvalue weighted by molar-refractivity contribution is 6.74. The molecule has 0 spiro atoms. The van der Waals surface area contributed by atoms with E-state index in [0.29, 0.717) is 12.8 Å². The van der Waals surface area contributed by atoms with Crippen LogP contribution in [0.5, 0.6) is 0 Å². The molecule has 0 fully saturated rings. The van der Waals surface area contributed by atoms with E-state index in [1.54, 1.807) is 0 Å². The van der Waals surface area contributed by atoms with Gasteiger partial charge in [-0.2, -0.15) is 0 Å². The summed E-state index contributed by atoms with van der Waals surface area (Å²) in [6.07, 6.45) is 1.10. The third-order valence-corrected chi connectivity index (χ3v) is 2.45. The summed E-state index contributed by atoms with van der Waals surface area (Å²) in [5, 5.41) is -1.36. The molecule has 0 aromatic rings. The zero-order valence-electron chi connectivity index (χ0n) is 6.49. The second kappa shape index (κ2) is 4.07. The molecular weight excluding hydrogens is 187 g/mol. The molecule has 0 radical (unpaired) electrons. The minimum absolute atomic E-state index is 0.400. The average Bonchev–Trinajstić information content (AvgIpc) is 1.87. The van der Waals surface area contributed by atoms with Crippen molar-refractivity contribution in [3.05, 3.63) is 0 Å². The van der Waals surface area contributed by atoms with Crippen molar-refractivity contribution in [3.8, 4) is 0 Å². The van der Waals surface area contributed by atoms with Gasteiger partial charge >= 0.3 is 0 Å². The van der Waals surface area contributed by atoms with E-state index in [0.717, 1.165) is 0 Å². The molecule has 0 heterocycles. The van der Waals surface area contributed by atoms with Crippen LogP contribution in [-0.4, -0.2) is 10.5 Å². The van der Waals surface area contributed by atoms with Crippen LogP contribution in [0.1, 0.15) is 26.7 Å². The van der Waals surface area contributed by atoms with Gasteiger partial charge in [-0.05, 0) is 36.5 Å². The summed E-state index contributed by atoms with van der Waals surface area (Å²) in [5.74, 6) is 0. The smallest absolute Gasteiger partial charge is 0.236 e. The zero-order chi connectivity index (χ0) is 9.07. The van der Waals surface area contributed by atoms with E-state index in [4.69, 9.17) is 23.2 Å². The molecule has 0 saturated carbocycles. The van der Waals surface area contributed by atoms with Crippen molar-refractivity contribution < 1.29 is 9.59 Å². The molecule has 11 heavy (non-hydrogen) atoms. The molecule has 0 saturated heterocycles. The van der Waals surface area contributed by atoms with Gasteiger partial charge < -0.3 is 0 Å². The molecule has 0 bridgehead atoms. The Hall–Kier alpha value is -0.0800. The highest BCUT2D eigenvalue weighted by atomic mass is 35.5. The highest BCUT2D eigenvalue weighted by Crippen LogP contribution is 2.29. The van der Waals surface area contributed by atoms with Gasteiger partial charge in [0.2, 0.25) is 10.5 Å². The van der Waals surface area contributed by atoms with Crippen LogP contribution in [0.25, 0.3) is 0 Å². The van der Waals surface area contributed by atoms with E-state index >= 15 is 0 Å². The third kappa shape index (κ3) is 2.46. The number of carbonyl (C=O) groups excluding carboxylic acids is 2. The lowest BCUT2D eigenvalue weighted by Crippen LogP contribution is -2.30. The largest absolute Gasteiger partial charge is 0.280 e. The van der Waals surface area contributed by atoms with E-state index in [1.807, 2.05) is 6.92 Å². The Morgan fingerprint density at radius 1 is 1.27 bits per heavy atom. The van der Waals surface area contributed by atoms with Gasteiger partial charge in [-0.25, -0.2) is 0 Å². The Labute approximate surface area is 75.9 Å². The van der Waals surface area contributed by atoms with Crippen molar-refractivity contribution in [3.63, 3.8) is 0 Å². The summed E-state index contributed by atoms with van der Waals surface area (Å²) < 4.78 is 0. The van der Waals surface area contributed by atoms with E-state index in [2.05, 4.69) is 0 Å². The molecule has 0 aliphatic heterocycles. The Bertz CT molecular complexity index is 163. The van der Waals surface area contributed by atoms with Crippen LogP contribution in [-0.2, 0) is 9.59 Å². The third-order valence-electron chi connectivity index (χ3n) is 1.62. The highest BCUT2D eigenvalue weighted by Gasteiger charge is 2.37. The van der Waals surface area contributed by atoms with E-state index in [-0.39, 0.29) is 0 Å². The summed E-state index contributed by atoms with van der Waals surface area (Å²) in [7, 11) is 0. The normalized spacial score (nSPS) is 11.3. The second-order valence-electron chi connectivity index (χ2n) is 2.63. The lowest BCUT2D eigenvalue weighted by atomic mass is 9.89. The quantitative estimate of drug-likeness (QED) is 0.511. The maximum atomic E-state index is 10.8. The SMILES string of the molecule is CCCC(C)(C(=O)Cl)C(=O)Cl. The fourth-order valence-corrected chi connectivity index (χ4v) is 1.18. The van der Waals surface area contributed by atoms with Gasteiger partial charge in [0.05, 0.1) is 0 Å². The number of hydrogen-bond donors (Lipinski definition) is 0. The van der Waals surface area contributed by atoms with Crippen molar-refractivity contribution in [2.75, 3.05) is 0 Å². The van der Waals surface area contributed by atoms with Gasteiger partial charge in [-0.3, -0.25) is 9.59 Å². The van der Waals surface area contributed by atoms with Gasteiger partial charge in [-0.15, -0.1) is 0 Å². The van der Waals surface area contributed by atoms with Crippen molar-refractivity contribution in [1.29, 1.82) is 0 Å². The summed E-state index contributed by atoms with van der Waals surface area (Å²) in [5.41, 5.74) is -1.20. The number of halogens is 2. The summed E-state index contributed by atoms with van der Waals surface area (Å²) >= 11 is 10.4. The Kier molecular flexibility index (Phi) is 4.04. The monoisotopic (exact) mass is 196 g/mol. The minimum Gasteiger partial charge on any atom is -0.280 e. The number of hydrogen-bond acceptors (Lipinski definition) is 2. The van der Waals surface area contributed by atoms with Crippen LogP contribution in [0.4, 0.5) is 0 Å². The first kappa shape index (κ1) is 10.9. The van der Waals surface area contributed by atoms with Gasteiger partial charge in [-0.1, -0.05) is 13.3 Å². The van der Waals surface area contributed by atoms with Crippen LogP contribution in [0.3, 0.4) is 0 Å². The summed E-state index contributed by atoms with van der Waals surface area (Å²) in [6, 6.07) is 0. The van der Waals surface area contributed by atoms with Gasteiger partial charge in [0.15, 0.2) is 0 Å². The van der Waals surface area contributed by atoms with Crippen molar-refractivity contribution >= 4 is 33.7 Å². The molecular formula is C7H10Cl2O2. The summed E-state index contributed by atoms with van der Waals surface area (Å²) in [4.78, 5) is 21.5. The molecule has 0 aromatic carbocycles. The van der Waals surface area contributed by atoms with Gasteiger partial charge in [0, 0.05) is 0 Å². The minimum atomic E-state index is -1.20. The molecule has 0 unspecified atom stereocenters. The zero-order valence-corrected chi connectivity index (χ0v) is 8.00. The molecule has 0 amide bonds. The van der Waals surface area contributed by atoms with E-state index < -0.39 is 15.9 Å². The molecule has 0 N–H and O–H groups in total. The topological polar surface area (TPSA) is 34.1 Å². The molecule has 2 nitrogen and oxygen atoms in total. The molecule has 0 rings (SSSR count). The first-order valence-corrected chi connectivity index (χ1v) is 4.10. The maximum absolute atomic E-state index is 10.8. The van der Waals surface area contributed by atoms with Gasteiger partial charge in [0.1, 0.15) is 5.41 Å². The lowest BCUT2D eigenvalue weighted by Gasteiger charge is -2.18. The standard InChI is InChI=1S/C7H10Cl2O2/c1-3-4-7(2,5(8)10)6(9)11/h3-4H2,1-2H3. The van der Waals surface area contributed by atoms with Crippen molar-refractivity contribution in [2.24, 2.45) is 5.41 Å². The molecule has 0 aliphatic carbocycles. The predicted octanol–water partition coefficient (Wildman–Crippen LogP) is 2.32. The van der Waals surface area contributed by atoms with Crippen molar-refractivity contribution in [1.82, 2.24) is 0 Å². The number of carbonyl (C=O) groups is 2. The Morgan fingerprint density at radius 3 is 1.73 bits per heavy atom. The Morgan fingerprint density at radius 2 is 1.64 bits per heavy atom. The maximum Gasteiger partial charge on any atom is 0.236 e.